The number of aliphatic hydroxyl groups excluding tert-OH is 1. The number of aromatic amines is 1. The minimum absolute atomic E-state index is 0.0588. The van der Waals surface area contributed by atoms with Crippen LogP contribution in [-0.2, 0) is 14.2 Å². The number of imidazole rings is 1. The van der Waals surface area contributed by atoms with Gasteiger partial charge in [0, 0.05) is 0 Å². The van der Waals surface area contributed by atoms with Crippen molar-refractivity contribution >= 4 is 17.9 Å². The van der Waals surface area contributed by atoms with E-state index in [2.05, 4.69) is 9.97 Å². The SMILES string of the molecule is O=C(OC[C@H]1O[C@@H](c2c[nH]c([N+](=O)[O-])n2)[C@H](OC(=O)c2ccccc2)[C@@H]1O)c1ccccc1. The molecule has 0 unspecified atom stereocenters. The lowest BCUT2D eigenvalue weighted by Crippen LogP contribution is -2.37. The first-order chi connectivity index (χ1) is 15.9. The van der Waals surface area contributed by atoms with Crippen LogP contribution in [0.15, 0.2) is 66.9 Å². The van der Waals surface area contributed by atoms with Crippen molar-refractivity contribution in [1.82, 2.24) is 9.97 Å². The van der Waals surface area contributed by atoms with Gasteiger partial charge in [0.05, 0.1) is 11.1 Å². The van der Waals surface area contributed by atoms with Crippen molar-refractivity contribution in [2.24, 2.45) is 0 Å². The highest BCUT2D eigenvalue weighted by Crippen LogP contribution is 2.36. The topological polar surface area (TPSA) is 154 Å². The van der Waals surface area contributed by atoms with E-state index in [1.54, 1.807) is 48.5 Å². The predicted octanol–water partition coefficient (Wildman–Crippen LogP) is 2.20. The molecular formula is C22H19N3O8. The van der Waals surface area contributed by atoms with Crippen molar-refractivity contribution in [2.75, 3.05) is 6.61 Å². The highest BCUT2D eigenvalue weighted by atomic mass is 16.6. The number of hydrogen-bond acceptors (Lipinski definition) is 9. The number of benzene rings is 2. The number of nitro groups is 1. The molecule has 2 aromatic carbocycles. The molecule has 0 bridgehead atoms. The van der Waals surface area contributed by atoms with E-state index in [1.165, 1.54) is 18.3 Å². The number of nitrogens with one attached hydrogen (secondary N) is 1. The molecule has 1 aromatic heterocycles. The number of aliphatic hydroxyl groups is 1. The van der Waals surface area contributed by atoms with Crippen molar-refractivity contribution in [3.8, 4) is 0 Å². The van der Waals surface area contributed by atoms with E-state index in [9.17, 15) is 24.8 Å². The Morgan fingerprint density at radius 2 is 1.67 bits per heavy atom. The maximum atomic E-state index is 12.6. The van der Waals surface area contributed by atoms with Crippen LogP contribution in [0.1, 0.15) is 32.5 Å². The largest absolute Gasteiger partial charge is 0.459 e. The lowest BCUT2D eigenvalue weighted by molar-refractivity contribution is -0.393. The van der Waals surface area contributed by atoms with Crippen LogP contribution in [0.25, 0.3) is 0 Å². The van der Waals surface area contributed by atoms with Gasteiger partial charge in [-0.2, -0.15) is 0 Å². The van der Waals surface area contributed by atoms with Crippen LogP contribution in [-0.4, -0.2) is 56.9 Å². The van der Waals surface area contributed by atoms with Crippen molar-refractivity contribution in [3.05, 3.63) is 93.8 Å². The Bertz CT molecular complexity index is 1130. The zero-order chi connectivity index (χ0) is 23.4. The van der Waals surface area contributed by atoms with Crippen molar-refractivity contribution in [3.63, 3.8) is 0 Å². The third kappa shape index (κ3) is 4.89. The molecular weight excluding hydrogens is 434 g/mol. The van der Waals surface area contributed by atoms with Gasteiger partial charge in [0.25, 0.3) is 0 Å². The minimum Gasteiger partial charge on any atom is -0.459 e. The first kappa shape index (κ1) is 22.1. The van der Waals surface area contributed by atoms with E-state index in [0.717, 1.165) is 0 Å². The zero-order valence-electron chi connectivity index (χ0n) is 17.1. The number of nitrogens with zero attached hydrogens (tertiary/aromatic N) is 2. The molecule has 1 aliphatic rings. The lowest BCUT2D eigenvalue weighted by Gasteiger charge is -2.19. The Morgan fingerprint density at radius 1 is 1.06 bits per heavy atom. The second-order valence-corrected chi connectivity index (χ2v) is 7.19. The third-order valence-corrected chi connectivity index (χ3v) is 5.03. The van der Waals surface area contributed by atoms with Gasteiger partial charge >= 0.3 is 17.9 Å². The minimum atomic E-state index is -1.39. The number of aromatic nitrogens is 2. The van der Waals surface area contributed by atoms with Gasteiger partial charge < -0.3 is 29.4 Å². The van der Waals surface area contributed by atoms with Gasteiger partial charge in [0.2, 0.25) is 0 Å². The van der Waals surface area contributed by atoms with Crippen LogP contribution in [0.5, 0.6) is 0 Å². The molecule has 33 heavy (non-hydrogen) atoms. The van der Waals surface area contributed by atoms with E-state index in [-0.39, 0.29) is 17.9 Å². The Balaban J connectivity index is 1.52. The Labute approximate surface area is 187 Å². The van der Waals surface area contributed by atoms with E-state index < -0.39 is 47.2 Å². The molecule has 3 aromatic rings. The quantitative estimate of drug-likeness (QED) is 0.311. The van der Waals surface area contributed by atoms with Gasteiger partial charge in [-0.1, -0.05) is 41.4 Å². The van der Waals surface area contributed by atoms with Crippen molar-refractivity contribution in [1.29, 1.82) is 0 Å². The van der Waals surface area contributed by atoms with Gasteiger partial charge in [0.15, 0.2) is 17.9 Å². The fourth-order valence-electron chi connectivity index (χ4n) is 3.39. The van der Waals surface area contributed by atoms with Gasteiger partial charge in [-0.15, -0.1) is 0 Å². The number of rotatable bonds is 7. The smallest absolute Gasteiger partial charge is 0.432 e. The second-order valence-electron chi connectivity index (χ2n) is 7.19. The molecule has 11 heteroatoms. The zero-order valence-corrected chi connectivity index (χ0v) is 17.1. The summed E-state index contributed by atoms with van der Waals surface area (Å²) in [6, 6.07) is 16.4. The Hall–Kier alpha value is -4.09. The predicted molar refractivity (Wildman–Crippen MR) is 111 cm³/mol. The van der Waals surface area contributed by atoms with E-state index in [0.29, 0.717) is 5.56 Å². The molecule has 11 nitrogen and oxygen atoms in total. The number of esters is 2. The molecule has 0 saturated carbocycles. The Kier molecular flexibility index (Phi) is 6.43. The highest BCUT2D eigenvalue weighted by Gasteiger charge is 2.50. The summed E-state index contributed by atoms with van der Waals surface area (Å²) in [4.78, 5) is 41.3. The summed E-state index contributed by atoms with van der Waals surface area (Å²) in [5.74, 6) is -1.88. The van der Waals surface area contributed by atoms with Gasteiger partial charge in [-0.25, -0.2) is 14.6 Å². The maximum absolute atomic E-state index is 12.6. The second kappa shape index (κ2) is 9.59. The molecule has 2 heterocycles. The van der Waals surface area contributed by atoms with Crippen LogP contribution < -0.4 is 0 Å². The summed E-state index contributed by atoms with van der Waals surface area (Å²) >= 11 is 0. The van der Waals surface area contributed by atoms with Gasteiger partial charge in [0.1, 0.15) is 25.0 Å². The van der Waals surface area contributed by atoms with Crippen molar-refractivity contribution < 1.29 is 33.8 Å². The fourth-order valence-corrected chi connectivity index (χ4v) is 3.39. The summed E-state index contributed by atoms with van der Waals surface area (Å²) in [5.41, 5.74) is 0.621. The van der Waals surface area contributed by atoms with Crippen LogP contribution in [0.3, 0.4) is 0 Å². The number of ether oxygens (including phenoxy) is 3. The molecule has 4 atom stereocenters. The maximum Gasteiger partial charge on any atom is 0.432 e. The molecule has 1 aliphatic heterocycles. The molecule has 0 amide bonds. The third-order valence-electron chi connectivity index (χ3n) is 5.03. The average Bonchev–Trinajstić information content (AvgIpc) is 3.44. The molecule has 1 saturated heterocycles. The van der Waals surface area contributed by atoms with Crippen LogP contribution in [0, 0.1) is 10.1 Å². The standard InChI is InChI=1S/C22H19N3O8/c26-17-16(12-31-20(27)13-7-3-1-4-8-13)32-18(15-11-23-22(24-15)25(29)30)19(17)33-21(28)14-9-5-2-6-10-14/h1-11,16-19,26H,12H2,(H,23,24)/t16-,17-,18+,19-/m1/s1. The molecule has 0 radical (unpaired) electrons. The number of H-pyrrole nitrogens is 1. The molecule has 4 rings (SSSR count). The summed E-state index contributed by atoms with van der Waals surface area (Å²) in [6.45, 7) is -0.336. The summed E-state index contributed by atoms with van der Waals surface area (Å²) < 4.78 is 16.5. The summed E-state index contributed by atoms with van der Waals surface area (Å²) in [5, 5.41) is 21.8. The van der Waals surface area contributed by atoms with Gasteiger partial charge in [-0.05, 0) is 29.2 Å². The summed E-state index contributed by atoms with van der Waals surface area (Å²) in [7, 11) is 0. The normalized spacial score (nSPS) is 22.0. The summed E-state index contributed by atoms with van der Waals surface area (Å²) in [6.07, 6.45) is -3.59. The highest BCUT2D eigenvalue weighted by molar-refractivity contribution is 5.90. The molecule has 0 spiro atoms. The molecule has 0 aliphatic carbocycles. The number of hydrogen-bond donors (Lipinski definition) is 2. The molecule has 2 N–H and O–H groups in total. The van der Waals surface area contributed by atoms with Crippen molar-refractivity contribution in [2.45, 2.75) is 24.4 Å². The average molecular weight is 453 g/mol. The monoisotopic (exact) mass is 453 g/mol. The van der Waals surface area contributed by atoms with E-state index in [4.69, 9.17) is 14.2 Å². The Morgan fingerprint density at radius 3 is 2.24 bits per heavy atom. The number of carbonyl (C=O) groups excluding carboxylic acids is 2. The van der Waals surface area contributed by atoms with Crippen LogP contribution in [0.4, 0.5) is 5.95 Å². The first-order valence-corrected chi connectivity index (χ1v) is 9.95. The molecule has 1 fully saturated rings. The lowest BCUT2D eigenvalue weighted by atomic mass is 10.1. The number of carbonyl (C=O) groups is 2. The van der Waals surface area contributed by atoms with Gasteiger partial charge in [-0.3, -0.25) is 0 Å². The first-order valence-electron chi connectivity index (χ1n) is 9.95. The molecule has 170 valence electrons. The fraction of sp³-hybridized carbons (Fsp3) is 0.227. The van der Waals surface area contributed by atoms with E-state index >= 15 is 0 Å². The van der Waals surface area contributed by atoms with E-state index in [1.807, 2.05) is 0 Å². The van der Waals surface area contributed by atoms with Crippen LogP contribution >= 0.6 is 0 Å². The van der Waals surface area contributed by atoms with Crippen LogP contribution in [0.2, 0.25) is 0 Å².